The highest BCUT2D eigenvalue weighted by atomic mass is 35.5. The van der Waals surface area contributed by atoms with E-state index in [0.29, 0.717) is 11.1 Å². The Labute approximate surface area is 93.1 Å². The SMILES string of the molecule is OCC(NC1CC1)c1ccc(F)cc1Cl. The minimum absolute atomic E-state index is 0.0259. The van der Waals surface area contributed by atoms with Crippen LogP contribution in [-0.2, 0) is 0 Å². The van der Waals surface area contributed by atoms with Gasteiger partial charge in [-0.05, 0) is 30.5 Å². The third-order valence-electron chi connectivity index (χ3n) is 2.53. The first-order valence-corrected chi connectivity index (χ1v) is 5.40. The highest BCUT2D eigenvalue weighted by molar-refractivity contribution is 6.31. The second kappa shape index (κ2) is 4.47. The summed E-state index contributed by atoms with van der Waals surface area (Å²) < 4.78 is 12.8. The third kappa shape index (κ3) is 2.68. The van der Waals surface area contributed by atoms with Crippen LogP contribution in [0.3, 0.4) is 0 Å². The van der Waals surface area contributed by atoms with Crippen molar-refractivity contribution in [1.82, 2.24) is 5.32 Å². The molecule has 2 N–H and O–H groups in total. The lowest BCUT2D eigenvalue weighted by Crippen LogP contribution is -2.26. The van der Waals surface area contributed by atoms with Crippen LogP contribution in [0.5, 0.6) is 0 Å². The molecular weight excluding hydrogens is 217 g/mol. The van der Waals surface area contributed by atoms with Gasteiger partial charge >= 0.3 is 0 Å². The number of rotatable bonds is 4. The van der Waals surface area contributed by atoms with Gasteiger partial charge in [-0.2, -0.15) is 0 Å². The zero-order chi connectivity index (χ0) is 10.8. The smallest absolute Gasteiger partial charge is 0.124 e. The minimum atomic E-state index is -0.355. The van der Waals surface area contributed by atoms with Crippen molar-refractivity contribution in [3.05, 3.63) is 34.6 Å². The van der Waals surface area contributed by atoms with Gasteiger partial charge in [-0.15, -0.1) is 0 Å². The van der Waals surface area contributed by atoms with Crippen molar-refractivity contribution in [3.8, 4) is 0 Å². The predicted octanol–water partition coefficient (Wildman–Crippen LogP) is 2.26. The van der Waals surface area contributed by atoms with Crippen LogP contribution in [0.4, 0.5) is 4.39 Å². The van der Waals surface area contributed by atoms with Crippen LogP contribution in [0, 0.1) is 5.82 Å². The van der Waals surface area contributed by atoms with Crippen molar-refractivity contribution in [2.24, 2.45) is 0 Å². The Balaban J connectivity index is 2.16. The Kier molecular flexibility index (Phi) is 3.24. The van der Waals surface area contributed by atoms with Gasteiger partial charge in [0.1, 0.15) is 5.82 Å². The van der Waals surface area contributed by atoms with E-state index in [1.54, 1.807) is 6.07 Å². The van der Waals surface area contributed by atoms with Crippen LogP contribution in [0.25, 0.3) is 0 Å². The second-order valence-electron chi connectivity index (χ2n) is 3.84. The molecule has 2 nitrogen and oxygen atoms in total. The first-order chi connectivity index (χ1) is 7.20. The summed E-state index contributed by atoms with van der Waals surface area (Å²) in [5.41, 5.74) is 0.757. The molecule has 0 spiro atoms. The Bertz CT molecular complexity index is 354. The quantitative estimate of drug-likeness (QED) is 0.830. The van der Waals surface area contributed by atoms with Gasteiger partial charge in [0.15, 0.2) is 0 Å². The fraction of sp³-hybridized carbons (Fsp3) is 0.455. The molecule has 1 aliphatic rings. The molecule has 15 heavy (non-hydrogen) atoms. The van der Waals surface area contributed by atoms with E-state index in [1.807, 2.05) is 0 Å². The van der Waals surface area contributed by atoms with Gasteiger partial charge in [-0.25, -0.2) is 4.39 Å². The van der Waals surface area contributed by atoms with Crippen LogP contribution in [0.15, 0.2) is 18.2 Å². The maximum Gasteiger partial charge on any atom is 0.124 e. The summed E-state index contributed by atoms with van der Waals surface area (Å²) in [6, 6.07) is 4.54. The van der Waals surface area contributed by atoms with Gasteiger partial charge in [0, 0.05) is 11.1 Å². The molecule has 0 aromatic heterocycles. The largest absolute Gasteiger partial charge is 0.394 e. The van der Waals surface area contributed by atoms with E-state index in [1.165, 1.54) is 12.1 Å². The highest BCUT2D eigenvalue weighted by Gasteiger charge is 2.25. The van der Waals surface area contributed by atoms with Gasteiger partial charge < -0.3 is 10.4 Å². The summed E-state index contributed by atoms with van der Waals surface area (Å²) in [4.78, 5) is 0. The highest BCUT2D eigenvalue weighted by Crippen LogP contribution is 2.28. The number of hydrogen-bond donors (Lipinski definition) is 2. The molecule has 0 radical (unpaired) electrons. The molecule has 0 saturated heterocycles. The van der Waals surface area contributed by atoms with E-state index in [2.05, 4.69) is 5.32 Å². The number of halogens is 2. The number of aliphatic hydroxyl groups is 1. The molecule has 1 saturated carbocycles. The van der Waals surface area contributed by atoms with Gasteiger partial charge in [0.25, 0.3) is 0 Å². The molecule has 1 unspecified atom stereocenters. The molecule has 4 heteroatoms. The molecule has 1 aliphatic carbocycles. The zero-order valence-corrected chi connectivity index (χ0v) is 8.97. The zero-order valence-electron chi connectivity index (χ0n) is 8.21. The van der Waals surface area contributed by atoms with E-state index in [9.17, 15) is 9.50 Å². The van der Waals surface area contributed by atoms with Crippen molar-refractivity contribution in [1.29, 1.82) is 0 Å². The summed E-state index contributed by atoms with van der Waals surface area (Å²) in [5, 5.41) is 12.9. The number of hydrogen-bond acceptors (Lipinski definition) is 2. The monoisotopic (exact) mass is 229 g/mol. The second-order valence-corrected chi connectivity index (χ2v) is 4.25. The Morgan fingerprint density at radius 3 is 2.80 bits per heavy atom. The molecule has 0 heterocycles. The molecule has 2 rings (SSSR count). The molecule has 1 aromatic rings. The Morgan fingerprint density at radius 2 is 2.27 bits per heavy atom. The van der Waals surface area contributed by atoms with Crippen LogP contribution in [0.2, 0.25) is 5.02 Å². The number of aliphatic hydroxyl groups excluding tert-OH is 1. The average Bonchev–Trinajstić information content (AvgIpc) is 2.99. The van der Waals surface area contributed by atoms with Crippen LogP contribution in [0.1, 0.15) is 24.4 Å². The van der Waals surface area contributed by atoms with Gasteiger partial charge in [0.2, 0.25) is 0 Å². The topological polar surface area (TPSA) is 32.3 Å². The van der Waals surface area contributed by atoms with Crippen LogP contribution < -0.4 is 5.32 Å². The average molecular weight is 230 g/mol. The molecule has 82 valence electrons. The Morgan fingerprint density at radius 1 is 1.53 bits per heavy atom. The van der Waals surface area contributed by atoms with Crippen molar-refractivity contribution >= 4 is 11.6 Å². The lowest BCUT2D eigenvalue weighted by molar-refractivity contribution is 0.243. The van der Waals surface area contributed by atoms with Crippen molar-refractivity contribution in [3.63, 3.8) is 0 Å². The van der Waals surface area contributed by atoms with Gasteiger partial charge in [0.05, 0.1) is 12.6 Å². The fourth-order valence-corrected chi connectivity index (χ4v) is 1.86. The fourth-order valence-electron chi connectivity index (χ4n) is 1.56. The Hall–Kier alpha value is -0.640. The summed E-state index contributed by atoms with van der Waals surface area (Å²) in [6.07, 6.45) is 2.27. The third-order valence-corrected chi connectivity index (χ3v) is 2.86. The minimum Gasteiger partial charge on any atom is -0.394 e. The molecule has 1 atom stereocenters. The van der Waals surface area contributed by atoms with Crippen molar-refractivity contribution in [2.45, 2.75) is 24.9 Å². The predicted molar refractivity (Wildman–Crippen MR) is 57.4 cm³/mol. The molecule has 1 fully saturated rings. The maximum atomic E-state index is 12.8. The summed E-state index contributed by atoms with van der Waals surface area (Å²) >= 11 is 5.92. The van der Waals surface area contributed by atoms with E-state index >= 15 is 0 Å². The van der Waals surface area contributed by atoms with Crippen LogP contribution in [-0.4, -0.2) is 17.8 Å². The molecule has 0 amide bonds. The first kappa shape index (κ1) is 10.9. The molecule has 1 aromatic carbocycles. The maximum absolute atomic E-state index is 12.8. The van der Waals surface area contributed by atoms with E-state index in [-0.39, 0.29) is 18.5 Å². The summed E-state index contributed by atoms with van der Waals surface area (Å²) in [5.74, 6) is -0.355. The molecule has 0 aliphatic heterocycles. The summed E-state index contributed by atoms with van der Waals surface area (Å²) in [7, 11) is 0. The summed E-state index contributed by atoms with van der Waals surface area (Å²) in [6.45, 7) is -0.0259. The first-order valence-electron chi connectivity index (χ1n) is 5.02. The lowest BCUT2D eigenvalue weighted by atomic mass is 10.1. The van der Waals surface area contributed by atoms with Crippen molar-refractivity contribution < 1.29 is 9.50 Å². The van der Waals surface area contributed by atoms with Gasteiger partial charge in [-0.3, -0.25) is 0 Å². The van der Waals surface area contributed by atoms with Crippen molar-refractivity contribution in [2.75, 3.05) is 6.61 Å². The molecule has 0 bridgehead atoms. The van der Waals surface area contributed by atoms with E-state index < -0.39 is 0 Å². The van der Waals surface area contributed by atoms with Crippen LogP contribution >= 0.6 is 11.6 Å². The lowest BCUT2D eigenvalue weighted by Gasteiger charge is -2.17. The van der Waals surface area contributed by atoms with E-state index in [0.717, 1.165) is 18.4 Å². The van der Waals surface area contributed by atoms with Gasteiger partial charge in [-0.1, -0.05) is 17.7 Å². The van der Waals surface area contributed by atoms with E-state index in [4.69, 9.17) is 11.6 Å². The number of nitrogens with one attached hydrogen (secondary N) is 1. The standard InChI is InChI=1S/C11H13ClFNO/c12-10-5-7(13)1-4-9(10)11(6-15)14-8-2-3-8/h1,4-5,8,11,14-15H,2-3,6H2. The number of benzene rings is 1. The normalized spacial score (nSPS) is 17.8. The molecular formula is C11H13ClFNO.